The third-order valence-corrected chi connectivity index (χ3v) is 1.22. The molecule has 1 aromatic carbocycles. The molecule has 0 unspecified atom stereocenters. The average Bonchev–Trinajstić information content (AvgIpc) is 2.27. The Morgan fingerprint density at radius 3 is 1.00 bits per heavy atom. The van der Waals surface area contributed by atoms with Crippen LogP contribution in [0.15, 0.2) is 36.4 Å². The maximum absolute atomic E-state index is 3.56. The van der Waals surface area contributed by atoms with Gasteiger partial charge in [0.25, 0.3) is 0 Å². The summed E-state index contributed by atoms with van der Waals surface area (Å²) in [7, 11) is 0. The molecule has 0 aromatic heterocycles. The van der Waals surface area contributed by atoms with Crippen LogP contribution in [0.2, 0.25) is 0 Å². The summed E-state index contributed by atoms with van der Waals surface area (Å²) in [6.07, 6.45) is 0. The molecule has 1 aromatic rings. The van der Waals surface area contributed by atoms with Crippen LogP contribution in [0.3, 0.4) is 0 Å². The molecule has 0 heteroatoms. The van der Waals surface area contributed by atoms with Gasteiger partial charge in [-0.05, 0) is 27.7 Å². The number of allylic oxidation sites excluding steroid dienone is 1. The van der Waals surface area contributed by atoms with Crippen LogP contribution in [0.1, 0.15) is 60.1 Å². The zero-order valence-electron chi connectivity index (χ0n) is 12.5. The molecule has 102 valence electrons. The molecule has 0 amide bonds. The maximum atomic E-state index is 3.56. The van der Waals surface area contributed by atoms with Gasteiger partial charge in [-0.25, -0.2) is 0 Å². The van der Waals surface area contributed by atoms with E-state index >= 15 is 0 Å². The van der Waals surface area contributed by atoms with Crippen LogP contribution in [-0.4, -0.2) is 0 Å². The van der Waals surface area contributed by atoms with Crippen molar-refractivity contribution in [1.29, 1.82) is 0 Å². The predicted octanol–water partition coefficient (Wildman–Crippen LogP) is 6.57. The van der Waals surface area contributed by atoms with E-state index in [0.29, 0.717) is 0 Å². The van der Waals surface area contributed by atoms with Crippen molar-refractivity contribution in [3.05, 3.63) is 47.5 Å². The Balaban J connectivity index is -0.0000000814. The van der Waals surface area contributed by atoms with E-state index in [1.807, 2.05) is 41.5 Å². The van der Waals surface area contributed by atoms with E-state index in [9.17, 15) is 0 Å². The molecule has 1 rings (SSSR count). The van der Waals surface area contributed by atoms with Crippen molar-refractivity contribution >= 4 is 0 Å². The molecular weight excluding hydrogens is 204 g/mol. The van der Waals surface area contributed by atoms with Crippen molar-refractivity contribution in [1.82, 2.24) is 0 Å². The van der Waals surface area contributed by atoms with E-state index in [1.54, 1.807) is 0 Å². The van der Waals surface area contributed by atoms with Crippen molar-refractivity contribution in [2.24, 2.45) is 0 Å². The van der Waals surface area contributed by atoms with E-state index in [2.05, 4.69) is 44.7 Å². The number of aryl methyl sites for hydroxylation is 2. The molecule has 17 heavy (non-hydrogen) atoms. The van der Waals surface area contributed by atoms with Crippen molar-refractivity contribution in [2.75, 3.05) is 0 Å². The van der Waals surface area contributed by atoms with Gasteiger partial charge in [0.2, 0.25) is 0 Å². The van der Waals surface area contributed by atoms with Gasteiger partial charge in [0.05, 0.1) is 0 Å². The Morgan fingerprint density at radius 1 is 0.765 bits per heavy atom. The summed E-state index contributed by atoms with van der Waals surface area (Å²) in [6.45, 7) is 19.7. The smallest absolute Gasteiger partial charge is 0.0398 e. The van der Waals surface area contributed by atoms with E-state index in [0.717, 1.165) is 0 Å². The minimum absolute atomic E-state index is 0. The van der Waals surface area contributed by atoms with Gasteiger partial charge in [0.1, 0.15) is 0 Å². The molecule has 0 bridgehead atoms. The summed E-state index contributed by atoms with van der Waals surface area (Å²) >= 11 is 0. The quantitative estimate of drug-likeness (QED) is 0.448. The minimum Gasteiger partial charge on any atom is -0.100 e. The van der Waals surface area contributed by atoms with Gasteiger partial charge in [0.15, 0.2) is 0 Å². The summed E-state index contributed by atoms with van der Waals surface area (Å²) in [4.78, 5) is 0. The standard InChI is InChI=1S/C8H10.C4H8.2C2H6.CH4/c1-7-3-5-8(2)6-4-7;1-4(2)3;2*1-2;/h3-6H,1-2H3;1H2,2-3H3;2*1-2H3;1H4. The molecule has 0 saturated carbocycles. The third-order valence-electron chi connectivity index (χ3n) is 1.22. The SMILES string of the molecule is C.C=C(C)C.CC.CC.Cc1ccc(C)cc1. The van der Waals surface area contributed by atoms with Gasteiger partial charge in [-0.3, -0.25) is 0 Å². The van der Waals surface area contributed by atoms with Gasteiger partial charge in [-0.1, -0.05) is 76.1 Å². The molecule has 0 spiro atoms. The number of benzene rings is 1. The second kappa shape index (κ2) is 20.4. The fraction of sp³-hybridized carbons (Fsp3) is 0.529. The highest BCUT2D eigenvalue weighted by Crippen LogP contribution is 1.99. The summed E-state index contributed by atoms with van der Waals surface area (Å²) in [5.41, 5.74) is 3.83. The van der Waals surface area contributed by atoms with Gasteiger partial charge >= 0.3 is 0 Å². The molecule has 0 fully saturated rings. The number of rotatable bonds is 0. The van der Waals surface area contributed by atoms with Crippen LogP contribution in [0.25, 0.3) is 0 Å². The first-order valence-electron chi connectivity index (χ1n) is 6.17. The zero-order chi connectivity index (χ0) is 13.6. The van der Waals surface area contributed by atoms with E-state index in [1.165, 1.54) is 16.7 Å². The van der Waals surface area contributed by atoms with Crippen LogP contribution in [0.5, 0.6) is 0 Å². The van der Waals surface area contributed by atoms with Crippen LogP contribution in [0, 0.1) is 13.8 Å². The Bertz CT molecular complexity index is 204. The largest absolute Gasteiger partial charge is 0.100 e. The van der Waals surface area contributed by atoms with Gasteiger partial charge in [-0.15, -0.1) is 6.58 Å². The normalized spacial score (nSPS) is 6.59. The second-order valence-corrected chi connectivity index (χ2v) is 3.36. The molecule has 0 nitrogen and oxygen atoms in total. The first-order valence-corrected chi connectivity index (χ1v) is 6.17. The molecule has 0 aliphatic carbocycles. The first kappa shape index (κ1) is 25.0. The van der Waals surface area contributed by atoms with Gasteiger partial charge < -0.3 is 0 Å². The van der Waals surface area contributed by atoms with E-state index in [-0.39, 0.29) is 7.43 Å². The summed E-state index contributed by atoms with van der Waals surface area (Å²) < 4.78 is 0. The van der Waals surface area contributed by atoms with Crippen molar-refractivity contribution in [3.63, 3.8) is 0 Å². The average molecular weight is 238 g/mol. The Labute approximate surface area is 111 Å². The van der Waals surface area contributed by atoms with Gasteiger partial charge in [0, 0.05) is 0 Å². The lowest BCUT2D eigenvalue weighted by atomic mass is 10.2. The Kier molecular flexibility index (Phi) is 29.9. The second-order valence-electron chi connectivity index (χ2n) is 3.36. The number of hydrogen-bond acceptors (Lipinski definition) is 0. The molecule has 0 saturated heterocycles. The van der Waals surface area contributed by atoms with Crippen LogP contribution < -0.4 is 0 Å². The highest BCUT2D eigenvalue weighted by Gasteiger charge is 1.79. The molecule has 0 atom stereocenters. The molecule has 0 aliphatic rings. The maximum Gasteiger partial charge on any atom is -0.0398 e. The highest BCUT2D eigenvalue weighted by atomic mass is 13.9. The molecule has 0 aliphatic heterocycles. The zero-order valence-corrected chi connectivity index (χ0v) is 12.5. The fourth-order valence-corrected chi connectivity index (χ4v) is 0.637. The molecule has 0 heterocycles. The molecular formula is C17H34. The van der Waals surface area contributed by atoms with Crippen molar-refractivity contribution in [2.45, 2.75) is 62.8 Å². The summed E-state index contributed by atoms with van der Waals surface area (Å²) in [5, 5.41) is 0. The van der Waals surface area contributed by atoms with Crippen LogP contribution >= 0.6 is 0 Å². The predicted molar refractivity (Wildman–Crippen MR) is 85.8 cm³/mol. The Hall–Kier alpha value is -1.04. The lowest BCUT2D eigenvalue weighted by Gasteiger charge is -1.90. The number of hydrogen-bond donors (Lipinski definition) is 0. The first-order chi connectivity index (χ1) is 7.52. The fourth-order valence-electron chi connectivity index (χ4n) is 0.637. The lowest BCUT2D eigenvalue weighted by Crippen LogP contribution is -1.70. The summed E-state index contributed by atoms with van der Waals surface area (Å²) in [6, 6.07) is 8.48. The lowest BCUT2D eigenvalue weighted by molar-refractivity contribution is 1.40. The Morgan fingerprint density at radius 2 is 0.882 bits per heavy atom. The highest BCUT2D eigenvalue weighted by molar-refractivity contribution is 5.19. The minimum atomic E-state index is 0. The monoisotopic (exact) mass is 238 g/mol. The molecule has 0 N–H and O–H groups in total. The summed E-state index contributed by atoms with van der Waals surface area (Å²) in [5.74, 6) is 0. The van der Waals surface area contributed by atoms with Gasteiger partial charge in [-0.2, -0.15) is 0 Å². The molecule has 0 radical (unpaired) electrons. The van der Waals surface area contributed by atoms with Crippen molar-refractivity contribution in [3.8, 4) is 0 Å². The third kappa shape index (κ3) is 31.3. The van der Waals surface area contributed by atoms with E-state index in [4.69, 9.17) is 0 Å². The van der Waals surface area contributed by atoms with Crippen LogP contribution in [-0.2, 0) is 0 Å². The van der Waals surface area contributed by atoms with E-state index < -0.39 is 0 Å². The van der Waals surface area contributed by atoms with Crippen molar-refractivity contribution < 1.29 is 0 Å². The van der Waals surface area contributed by atoms with Crippen LogP contribution in [0.4, 0.5) is 0 Å². The topological polar surface area (TPSA) is 0 Å².